The Kier molecular flexibility index (Phi) is 4.06. The highest BCUT2D eigenvalue weighted by molar-refractivity contribution is 5.49. The van der Waals surface area contributed by atoms with Crippen molar-refractivity contribution in [3.8, 4) is 6.07 Å². The minimum Gasteiger partial charge on any atom is -0.381 e. The third-order valence-electron chi connectivity index (χ3n) is 4.19. The Labute approximate surface area is 114 Å². The van der Waals surface area contributed by atoms with E-state index in [0.717, 1.165) is 19.4 Å². The summed E-state index contributed by atoms with van der Waals surface area (Å²) in [5, 5.41) is 11.9. The first-order valence-electron chi connectivity index (χ1n) is 6.68. The predicted octanol–water partition coefficient (Wildman–Crippen LogP) is 2.98. The number of nitrogens with one attached hydrogen (secondary N) is 1. The zero-order chi connectivity index (χ0) is 13.9. The van der Waals surface area contributed by atoms with Gasteiger partial charge in [0.1, 0.15) is 5.82 Å². The molecule has 4 heteroatoms. The van der Waals surface area contributed by atoms with Gasteiger partial charge in [-0.25, -0.2) is 4.39 Å². The van der Waals surface area contributed by atoms with Crippen LogP contribution in [0.15, 0.2) is 18.2 Å². The summed E-state index contributed by atoms with van der Waals surface area (Å²) in [4.78, 5) is 2.24. The van der Waals surface area contributed by atoms with Gasteiger partial charge >= 0.3 is 0 Å². The third kappa shape index (κ3) is 2.87. The largest absolute Gasteiger partial charge is 0.381 e. The molecule has 1 fully saturated rings. The molecule has 19 heavy (non-hydrogen) atoms. The average Bonchev–Trinajstić information content (AvgIpc) is 2.87. The van der Waals surface area contributed by atoms with Crippen LogP contribution in [0.2, 0.25) is 0 Å². The smallest absolute Gasteiger partial charge is 0.147 e. The van der Waals surface area contributed by atoms with Crippen molar-refractivity contribution < 1.29 is 4.39 Å². The van der Waals surface area contributed by atoms with Crippen molar-refractivity contribution in [3.05, 3.63) is 29.6 Å². The second-order valence-electron chi connectivity index (χ2n) is 5.49. The van der Waals surface area contributed by atoms with Crippen molar-refractivity contribution in [3.63, 3.8) is 0 Å². The number of nitriles is 1. The highest BCUT2D eigenvalue weighted by Gasteiger charge is 2.35. The number of nitrogens with zero attached hydrogens (tertiary/aromatic N) is 2. The molecule has 1 aliphatic carbocycles. The van der Waals surface area contributed by atoms with Crippen LogP contribution in [0.5, 0.6) is 0 Å². The molecule has 0 radical (unpaired) electrons. The van der Waals surface area contributed by atoms with Crippen molar-refractivity contribution in [1.29, 1.82) is 5.26 Å². The van der Waals surface area contributed by atoms with Gasteiger partial charge in [-0.1, -0.05) is 12.8 Å². The van der Waals surface area contributed by atoms with Crippen molar-refractivity contribution in [1.82, 2.24) is 4.90 Å². The van der Waals surface area contributed by atoms with Gasteiger partial charge in [-0.05, 0) is 45.1 Å². The van der Waals surface area contributed by atoms with E-state index in [9.17, 15) is 4.39 Å². The molecule has 102 valence electrons. The molecule has 0 amide bonds. The standard InChI is InChI=1S/C15H20FN3/c1-19(2)15(7-3-4-8-15)11-18-14-6-5-12(10-17)9-13(14)16/h5-6,9,18H,3-4,7-8,11H2,1-2H3. The summed E-state index contributed by atoms with van der Waals surface area (Å²) >= 11 is 0. The molecule has 0 saturated heterocycles. The molecule has 1 aromatic rings. The summed E-state index contributed by atoms with van der Waals surface area (Å²) in [5.74, 6) is -0.356. The number of hydrogen-bond acceptors (Lipinski definition) is 3. The van der Waals surface area contributed by atoms with Crippen molar-refractivity contribution >= 4 is 5.69 Å². The Morgan fingerprint density at radius 3 is 2.58 bits per heavy atom. The van der Waals surface area contributed by atoms with Crippen LogP contribution in [0.1, 0.15) is 31.2 Å². The van der Waals surface area contributed by atoms with E-state index >= 15 is 0 Å². The maximum Gasteiger partial charge on any atom is 0.147 e. The van der Waals surface area contributed by atoms with Crippen molar-refractivity contribution in [2.45, 2.75) is 31.2 Å². The minimum atomic E-state index is -0.356. The average molecular weight is 261 g/mol. The molecule has 0 spiro atoms. The number of halogens is 1. The molecule has 0 atom stereocenters. The van der Waals surface area contributed by atoms with Crippen LogP contribution in [-0.4, -0.2) is 31.1 Å². The van der Waals surface area contributed by atoms with Crippen molar-refractivity contribution in [2.24, 2.45) is 0 Å². The zero-order valence-corrected chi connectivity index (χ0v) is 11.5. The molecule has 2 rings (SSSR count). The van der Waals surface area contributed by atoms with E-state index < -0.39 is 0 Å². The van der Waals surface area contributed by atoms with Gasteiger partial charge in [0.2, 0.25) is 0 Å². The number of benzene rings is 1. The van der Waals surface area contributed by atoms with Crippen LogP contribution in [0, 0.1) is 17.1 Å². The lowest BCUT2D eigenvalue weighted by molar-refractivity contribution is 0.172. The Balaban J connectivity index is 2.08. The zero-order valence-electron chi connectivity index (χ0n) is 11.5. The summed E-state index contributed by atoms with van der Waals surface area (Å²) in [5.41, 5.74) is 0.957. The second-order valence-corrected chi connectivity index (χ2v) is 5.49. The summed E-state index contributed by atoms with van der Waals surface area (Å²) in [6.07, 6.45) is 4.75. The normalized spacial score (nSPS) is 17.4. The van der Waals surface area contributed by atoms with E-state index in [0.29, 0.717) is 11.3 Å². The first kappa shape index (κ1) is 13.8. The molecular weight excluding hydrogens is 241 g/mol. The number of rotatable bonds is 4. The first-order valence-corrected chi connectivity index (χ1v) is 6.68. The summed E-state index contributed by atoms with van der Waals surface area (Å²) < 4.78 is 13.8. The molecule has 1 aromatic carbocycles. The summed E-state index contributed by atoms with van der Waals surface area (Å²) in [6, 6.07) is 6.51. The van der Waals surface area contributed by atoms with Crippen LogP contribution < -0.4 is 5.32 Å². The molecule has 0 bridgehead atoms. The Bertz CT molecular complexity index is 485. The molecule has 0 aromatic heterocycles. The van der Waals surface area contributed by atoms with Crippen LogP contribution in [-0.2, 0) is 0 Å². The SMILES string of the molecule is CN(C)C1(CNc2ccc(C#N)cc2F)CCCC1. The fourth-order valence-corrected chi connectivity index (χ4v) is 2.80. The van der Waals surface area contributed by atoms with Crippen LogP contribution in [0.3, 0.4) is 0 Å². The summed E-state index contributed by atoms with van der Waals surface area (Å²) in [6.45, 7) is 0.739. The van der Waals surface area contributed by atoms with Crippen molar-refractivity contribution in [2.75, 3.05) is 26.0 Å². The van der Waals surface area contributed by atoms with E-state index in [4.69, 9.17) is 5.26 Å². The van der Waals surface area contributed by atoms with Crippen LogP contribution >= 0.6 is 0 Å². The molecule has 3 nitrogen and oxygen atoms in total. The van der Waals surface area contributed by atoms with Gasteiger partial charge in [0.25, 0.3) is 0 Å². The molecular formula is C15H20FN3. The van der Waals surface area contributed by atoms with Gasteiger partial charge in [0.05, 0.1) is 17.3 Å². The van der Waals surface area contributed by atoms with Gasteiger partial charge in [-0.3, -0.25) is 0 Å². The van der Waals surface area contributed by atoms with E-state index in [2.05, 4.69) is 24.3 Å². The van der Waals surface area contributed by atoms with E-state index in [1.807, 2.05) is 6.07 Å². The molecule has 1 N–H and O–H groups in total. The van der Waals surface area contributed by atoms with Gasteiger partial charge in [0, 0.05) is 12.1 Å². The lowest BCUT2D eigenvalue weighted by atomic mass is 9.96. The Morgan fingerprint density at radius 2 is 2.05 bits per heavy atom. The lowest BCUT2D eigenvalue weighted by Gasteiger charge is -2.36. The minimum absolute atomic E-state index is 0.125. The predicted molar refractivity (Wildman–Crippen MR) is 74.5 cm³/mol. The summed E-state index contributed by atoms with van der Waals surface area (Å²) in [7, 11) is 4.17. The van der Waals surface area contributed by atoms with Gasteiger partial charge < -0.3 is 10.2 Å². The molecule has 1 saturated carbocycles. The topological polar surface area (TPSA) is 39.1 Å². The molecule has 0 heterocycles. The highest BCUT2D eigenvalue weighted by atomic mass is 19.1. The Hall–Kier alpha value is -1.60. The highest BCUT2D eigenvalue weighted by Crippen LogP contribution is 2.34. The monoisotopic (exact) mass is 261 g/mol. The van der Waals surface area contributed by atoms with E-state index in [1.54, 1.807) is 12.1 Å². The molecule has 0 unspecified atom stereocenters. The molecule has 0 aliphatic heterocycles. The number of anilines is 1. The lowest BCUT2D eigenvalue weighted by Crippen LogP contribution is -2.47. The van der Waals surface area contributed by atoms with Gasteiger partial charge in [-0.15, -0.1) is 0 Å². The maximum atomic E-state index is 13.8. The number of hydrogen-bond donors (Lipinski definition) is 1. The third-order valence-corrected chi connectivity index (χ3v) is 4.19. The van der Waals surface area contributed by atoms with Crippen LogP contribution in [0.25, 0.3) is 0 Å². The fraction of sp³-hybridized carbons (Fsp3) is 0.533. The van der Waals surface area contributed by atoms with Gasteiger partial charge in [0.15, 0.2) is 0 Å². The fourth-order valence-electron chi connectivity index (χ4n) is 2.80. The quantitative estimate of drug-likeness (QED) is 0.905. The molecule has 1 aliphatic rings. The van der Waals surface area contributed by atoms with E-state index in [-0.39, 0.29) is 11.4 Å². The Morgan fingerprint density at radius 1 is 1.37 bits per heavy atom. The van der Waals surface area contributed by atoms with Gasteiger partial charge in [-0.2, -0.15) is 5.26 Å². The number of likely N-dealkylation sites (N-methyl/N-ethyl adjacent to an activating group) is 1. The second kappa shape index (κ2) is 5.58. The first-order chi connectivity index (χ1) is 9.07. The van der Waals surface area contributed by atoms with Crippen LogP contribution in [0.4, 0.5) is 10.1 Å². The van der Waals surface area contributed by atoms with E-state index in [1.165, 1.54) is 18.9 Å². The maximum absolute atomic E-state index is 13.8.